The number of aryl methyl sites for hydroxylation is 1. The largest absolute Gasteiger partial charge is 0.383 e. The second-order valence-electron chi connectivity index (χ2n) is 4.66. The van der Waals surface area contributed by atoms with E-state index in [4.69, 9.17) is 5.73 Å². The molecule has 6 heteroatoms. The molecule has 1 aromatic heterocycles. The first-order chi connectivity index (χ1) is 9.97. The molecule has 0 aliphatic heterocycles. The van der Waals surface area contributed by atoms with Gasteiger partial charge in [0, 0.05) is 6.54 Å². The van der Waals surface area contributed by atoms with E-state index in [-0.39, 0.29) is 17.2 Å². The van der Waals surface area contributed by atoms with E-state index in [1.54, 1.807) is 13.0 Å². The Balaban J connectivity index is 1.97. The molecule has 1 heterocycles. The van der Waals surface area contributed by atoms with E-state index in [1.807, 2.05) is 0 Å². The van der Waals surface area contributed by atoms with Crippen LogP contribution in [0.15, 0.2) is 30.5 Å². The van der Waals surface area contributed by atoms with Crippen molar-refractivity contribution >= 4 is 11.7 Å². The molecule has 21 heavy (non-hydrogen) atoms. The highest BCUT2D eigenvalue weighted by Crippen LogP contribution is 2.11. The van der Waals surface area contributed by atoms with Gasteiger partial charge in [-0.1, -0.05) is 6.07 Å². The molecule has 0 fully saturated rings. The molecule has 1 aromatic carbocycles. The molecule has 4 nitrogen and oxygen atoms in total. The van der Waals surface area contributed by atoms with Gasteiger partial charge in [-0.05, 0) is 42.7 Å². The van der Waals surface area contributed by atoms with E-state index in [0.717, 1.165) is 23.4 Å². The van der Waals surface area contributed by atoms with Gasteiger partial charge in [0.05, 0.1) is 11.8 Å². The zero-order chi connectivity index (χ0) is 15.4. The molecule has 0 atom stereocenters. The van der Waals surface area contributed by atoms with Gasteiger partial charge in [0.1, 0.15) is 17.5 Å². The van der Waals surface area contributed by atoms with Crippen molar-refractivity contribution in [1.82, 2.24) is 10.3 Å². The number of nitrogen functional groups attached to an aromatic ring is 1. The third kappa shape index (κ3) is 3.75. The molecule has 1 amide bonds. The Bertz CT molecular complexity index is 674. The number of rotatable bonds is 4. The van der Waals surface area contributed by atoms with E-state index >= 15 is 0 Å². The summed E-state index contributed by atoms with van der Waals surface area (Å²) in [5, 5.41) is 2.64. The van der Waals surface area contributed by atoms with Crippen molar-refractivity contribution in [3.05, 3.63) is 58.8 Å². The van der Waals surface area contributed by atoms with Gasteiger partial charge in [-0.3, -0.25) is 4.79 Å². The van der Waals surface area contributed by atoms with Gasteiger partial charge in [0.2, 0.25) is 0 Å². The normalized spacial score (nSPS) is 10.4. The number of hydrogen-bond donors (Lipinski definition) is 2. The number of pyridine rings is 1. The predicted molar refractivity (Wildman–Crippen MR) is 75.8 cm³/mol. The number of nitrogens with one attached hydrogen (secondary N) is 1. The first-order valence-corrected chi connectivity index (χ1v) is 6.41. The first kappa shape index (κ1) is 14.9. The maximum absolute atomic E-state index is 13.1. The third-order valence-corrected chi connectivity index (χ3v) is 3.11. The topological polar surface area (TPSA) is 68.0 Å². The standard InChI is InChI=1S/C15H15F2N3O/c1-9-6-11(16)3-2-10(9)4-5-19-15(21)13-7-12(17)8-20-14(13)18/h2-3,6-8H,4-5H2,1H3,(H2,18,20)(H,19,21). The summed E-state index contributed by atoms with van der Waals surface area (Å²) < 4.78 is 26.0. The molecule has 110 valence electrons. The van der Waals surface area contributed by atoms with Gasteiger partial charge in [-0.25, -0.2) is 13.8 Å². The van der Waals surface area contributed by atoms with Crippen LogP contribution in [0.1, 0.15) is 21.5 Å². The maximum atomic E-state index is 13.1. The Labute approximate surface area is 121 Å². The van der Waals surface area contributed by atoms with Gasteiger partial charge >= 0.3 is 0 Å². The fraction of sp³-hybridized carbons (Fsp3) is 0.200. The van der Waals surface area contributed by atoms with Crippen LogP contribution in [0.4, 0.5) is 14.6 Å². The summed E-state index contributed by atoms with van der Waals surface area (Å²) in [6, 6.07) is 5.53. The smallest absolute Gasteiger partial charge is 0.255 e. The summed E-state index contributed by atoms with van der Waals surface area (Å²) in [7, 11) is 0. The van der Waals surface area contributed by atoms with Crippen molar-refractivity contribution in [2.45, 2.75) is 13.3 Å². The number of amides is 1. The molecule has 0 aliphatic rings. The van der Waals surface area contributed by atoms with Crippen LogP contribution in [0, 0.1) is 18.6 Å². The van der Waals surface area contributed by atoms with Gasteiger partial charge in [-0.2, -0.15) is 0 Å². The van der Waals surface area contributed by atoms with Crippen molar-refractivity contribution in [1.29, 1.82) is 0 Å². The number of hydrogen-bond acceptors (Lipinski definition) is 3. The molecular weight excluding hydrogens is 276 g/mol. The minimum Gasteiger partial charge on any atom is -0.383 e. The Morgan fingerprint density at radius 1 is 1.29 bits per heavy atom. The monoisotopic (exact) mass is 291 g/mol. The summed E-state index contributed by atoms with van der Waals surface area (Å²) >= 11 is 0. The fourth-order valence-electron chi connectivity index (χ4n) is 1.98. The van der Waals surface area contributed by atoms with Crippen molar-refractivity contribution in [2.75, 3.05) is 12.3 Å². The molecular formula is C15H15F2N3O. The van der Waals surface area contributed by atoms with Crippen molar-refractivity contribution < 1.29 is 13.6 Å². The SMILES string of the molecule is Cc1cc(F)ccc1CCNC(=O)c1cc(F)cnc1N. The van der Waals surface area contributed by atoms with Gasteiger partial charge in [0.15, 0.2) is 0 Å². The summed E-state index contributed by atoms with van der Waals surface area (Å²) in [5.74, 6) is -1.42. The molecule has 0 aliphatic carbocycles. The third-order valence-electron chi connectivity index (χ3n) is 3.11. The fourth-order valence-corrected chi connectivity index (χ4v) is 1.98. The first-order valence-electron chi connectivity index (χ1n) is 6.41. The molecule has 2 rings (SSSR count). The molecule has 3 N–H and O–H groups in total. The number of anilines is 1. The Morgan fingerprint density at radius 3 is 2.76 bits per heavy atom. The second kappa shape index (κ2) is 6.30. The van der Waals surface area contributed by atoms with E-state index in [2.05, 4.69) is 10.3 Å². The van der Waals surface area contributed by atoms with Crippen LogP contribution >= 0.6 is 0 Å². The van der Waals surface area contributed by atoms with Crippen LogP contribution in [0.2, 0.25) is 0 Å². The molecule has 0 bridgehead atoms. The number of carbonyl (C=O) groups is 1. The minimum absolute atomic E-state index is 0.00540. The Kier molecular flexibility index (Phi) is 4.47. The summed E-state index contributed by atoms with van der Waals surface area (Å²) in [6.45, 7) is 2.13. The number of nitrogens with zero attached hydrogens (tertiary/aromatic N) is 1. The van der Waals surface area contributed by atoms with Crippen molar-refractivity contribution in [3.8, 4) is 0 Å². The van der Waals surface area contributed by atoms with E-state index in [9.17, 15) is 13.6 Å². The quantitative estimate of drug-likeness (QED) is 0.907. The van der Waals surface area contributed by atoms with Gasteiger partial charge in [-0.15, -0.1) is 0 Å². The predicted octanol–water partition coefficient (Wildman–Crippen LogP) is 2.22. The molecule has 0 radical (unpaired) electrons. The van der Waals surface area contributed by atoms with E-state index < -0.39 is 11.7 Å². The summed E-state index contributed by atoms with van der Waals surface area (Å²) in [4.78, 5) is 15.5. The molecule has 0 saturated carbocycles. The molecule has 0 unspecified atom stereocenters. The number of carbonyl (C=O) groups excluding carboxylic acids is 1. The number of nitrogens with two attached hydrogens (primary N) is 1. The summed E-state index contributed by atoms with van der Waals surface area (Å²) in [5.41, 5.74) is 7.29. The molecule has 2 aromatic rings. The van der Waals surface area contributed by atoms with Crippen molar-refractivity contribution in [2.24, 2.45) is 0 Å². The van der Waals surface area contributed by atoms with Crippen molar-refractivity contribution in [3.63, 3.8) is 0 Å². The number of halogens is 2. The van der Waals surface area contributed by atoms with Gasteiger partial charge in [0.25, 0.3) is 5.91 Å². The minimum atomic E-state index is -0.622. The van der Waals surface area contributed by atoms with E-state index in [1.165, 1.54) is 12.1 Å². The maximum Gasteiger partial charge on any atom is 0.255 e. The van der Waals surface area contributed by atoms with Crippen LogP contribution in [-0.4, -0.2) is 17.4 Å². The lowest BCUT2D eigenvalue weighted by Gasteiger charge is -2.09. The van der Waals surface area contributed by atoms with Gasteiger partial charge < -0.3 is 11.1 Å². The highest BCUT2D eigenvalue weighted by Gasteiger charge is 2.11. The number of benzene rings is 1. The average Bonchev–Trinajstić information content (AvgIpc) is 2.43. The zero-order valence-corrected chi connectivity index (χ0v) is 11.5. The second-order valence-corrected chi connectivity index (χ2v) is 4.66. The van der Waals surface area contributed by atoms with Crippen LogP contribution in [0.3, 0.4) is 0 Å². The van der Waals surface area contributed by atoms with E-state index in [0.29, 0.717) is 13.0 Å². The lowest BCUT2D eigenvalue weighted by atomic mass is 10.1. The Morgan fingerprint density at radius 2 is 2.05 bits per heavy atom. The van der Waals surface area contributed by atoms with Crippen LogP contribution < -0.4 is 11.1 Å². The van der Waals surface area contributed by atoms with Crippen LogP contribution in [0.25, 0.3) is 0 Å². The van der Waals surface area contributed by atoms with Crippen LogP contribution in [-0.2, 0) is 6.42 Å². The molecule has 0 saturated heterocycles. The number of aromatic nitrogens is 1. The molecule has 0 spiro atoms. The highest BCUT2D eigenvalue weighted by molar-refractivity contribution is 5.98. The zero-order valence-electron chi connectivity index (χ0n) is 11.5. The lowest BCUT2D eigenvalue weighted by Crippen LogP contribution is -2.27. The summed E-state index contributed by atoms with van der Waals surface area (Å²) in [6.07, 6.45) is 1.49. The lowest BCUT2D eigenvalue weighted by molar-refractivity contribution is 0.0954. The average molecular weight is 291 g/mol. The van der Waals surface area contributed by atoms with Crippen LogP contribution in [0.5, 0.6) is 0 Å². The highest BCUT2D eigenvalue weighted by atomic mass is 19.1. The Hall–Kier alpha value is -2.50.